The van der Waals surface area contributed by atoms with Gasteiger partial charge in [-0.25, -0.2) is 0 Å². The molecule has 0 aliphatic carbocycles. The number of nitrogens with one attached hydrogen (secondary N) is 1. The standard InChI is InChI=1S/C17H18N2O/c1-13-10-16(9-8-14(13)11-18)19-17(2,12-20)15-6-4-3-5-7-15/h3-10,19-20H,12H2,1-2H3. The predicted molar refractivity (Wildman–Crippen MR) is 80.4 cm³/mol. The number of hydrogen-bond acceptors (Lipinski definition) is 3. The zero-order chi connectivity index (χ0) is 14.6. The van der Waals surface area contributed by atoms with Crippen molar-refractivity contribution in [2.24, 2.45) is 0 Å². The minimum atomic E-state index is -0.554. The number of anilines is 1. The number of nitrogens with zero attached hydrogens (tertiary/aromatic N) is 1. The molecule has 1 unspecified atom stereocenters. The third-order valence-electron chi connectivity index (χ3n) is 3.49. The normalized spacial score (nSPS) is 13.3. The molecule has 2 N–H and O–H groups in total. The maximum Gasteiger partial charge on any atom is 0.0994 e. The first-order valence-corrected chi connectivity index (χ1v) is 6.54. The first kappa shape index (κ1) is 14.1. The summed E-state index contributed by atoms with van der Waals surface area (Å²) in [6.45, 7) is 3.84. The van der Waals surface area contributed by atoms with Crippen LogP contribution in [-0.2, 0) is 5.54 Å². The van der Waals surface area contributed by atoms with Gasteiger partial charge in [0.2, 0.25) is 0 Å². The van der Waals surface area contributed by atoms with Gasteiger partial charge in [0, 0.05) is 5.69 Å². The van der Waals surface area contributed by atoms with E-state index in [4.69, 9.17) is 5.26 Å². The number of rotatable bonds is 4. The van der Waals surface area contributed by atoms with Gasteiger partial charge in [-0.3, -0.25) is 0 Å². The molecule has 0 aliphatic heterocycles. The van der Waals surface area contributed by atoms with Crippen molar-refractivity contribution in [3.05, 3.63) is 65.2 Å². The van der Waals surface area contributed by atoms with Crippen molar-refractivity contribution in [1.29, 1.82) is 5.26 Å². The van der Waals surface area contributed by atoms with E-state index in [2.05, 4.69) is 11.4 Å². The van der Waals surface area contributed by atoms with Gasteiger partial charge in [0.25, 0.3) is 0 Å². The molecule has 2 rings (SSSR count). The van der Waals surface area contributed by atoms with Crippen LogP contribution in [0.3, 0.4) is 0 Å². The van der Waals surface area contributed by atoms with Crippen LogP contribution in [0.25, 0.3) is 0 Å². The highest BCUT2D eigenvalue weighted by molar-refractivity contribution is 5.54. The molecular weight excluding hydrogens is 248 g/mol. The molecule has 2 aromatic rings. The van der Waals surface area contributed by atoms with Crippen molar-refractivity contribution >= 4 is 5.69 Å². The van der Waals surface area contributed by atoms with Crippen LogP contribution in [0.4, 0.5) is 5.69 Å². The number of benzene rings is 2. The minimum absolute atomic E-state index is 0.0178. The fourth-order valence-corrected chi connectivity index (χ4v) is 2.19. The molecule has 2 aromatic carbocycles. The molecule has 3 nitrogen and oxygen atoms in total. The van der Waals surface area contributed by atoms with Gasteiger partial charge in [0.1, 0.15) is 0 Å². The molecule has 0 aliphatic rings. The van der Waals surface area contributed by atoms with Crippen LogP contribution in [0, 0.1) is 18.3 Å². The Bertz CT molecular complexity index is 631. The molecule has 0 radical (unpaired) electrons. The summed E-state index contributed by atoms with van der Waals surface area (Å²) in [4.78, 5) is 0. The Morgan fingerprint density at radius 2 is 1.90 bits per heavy atom. The van der Waals surface area contributed by atoms with Crippen molar-refractivity contribution in [1.82, 2.24) is 0 Å². The minimum Gasteiger partial charge on any atom is -0.394 e. The summed E-state index contributed by atoms with van der Waals surface area (Å²) in [6, 6.07) is 17.6. The molecule has 0 bridgehead atoms. The first-order valence-electron chi connectivity index (χ1n) is 6.54. The Morgan fingerprint density at radius 1 is 1.20 bits per heavy atom. The van der Waals surface area contributed by atoms with Gasteiger partial charge >= 0.3 is 0 Å². The van der Waals surface area contributed by atoms with Crippen LogP contribution >= 0.6 is 0 Å². The second kappa shape index (κ2) is 5.77. The molecule has 1 atom stereocenters. The fourth-order valence-electron chi connectivity index (χ4n) is 2.19. The summed E-state index contributed by atoms with van der Waals surface area (Å²) >= 11 is 0. The average molecular weight is 266 g/mol. The fraction of sp³-hybridized carbons (Fsp3) is 0.235. The van der Waals surface area contributed by atoms with Gasteiger partial charge in [-0.05, 0) is 43.2 Å². The largest absolute Gasteiger partial charge is 0.394 e. The van der Waals surface area contributed by atoms with Crippen LogP contribution in [0.5, 0.6) is 0 Å². The summed E-state index contributed by atoms with van der Waals surface area (Å²) in [5, 5.41) is 22.1. The highest BCUT2D eigenvalue weighted by atomic mass is 16.3. The molecule has 102 valence electrons. The second-order valence-electron chi connectivity index (χ2n) is 5.12. The smallest absolute Gasteiger partial charge is 0.0994 e. The van der Waals surface area contributed by atoms with Crippen molar-refractivity contribution in [2.75, 3.05) is 11.9 Å². The molecule has 0 fully saturated rings. The number of hydrogen-bond donors (Lipinski definition) is 2. The van der Waals surface area contributed by atoms with Gasteiger partial charge in [-0.1, -0.05) is 30.3 Å². The molecule has 0 amide bonds. The third kappa shape index (κ3) is 2.81. The Morgan fingerprint density at radius 3 is 2.45 bits per heavy atom. The maximum atomic E-state index is 9.76. The number of nitriles is 1. The van der Waals surface area contributed by atoms with Crippen molar-refractivity contribution in [3.63, 3.8) is 0 Å². The lowest BCUT2D eigenvalue weighted by Crippen LogP contribution is -2.35. The van der Waals surface area contributed by atoms with Crippen LogP contribution in [0.1, 0.15) is 23.6 Å². The molecule has 0 saturated carbocycles. The summed E-state index contributed by atoms with van der Waals surface area (Å²) in [5.41, 5.74) is 2.94. The van der Waals surface area contributed by atoms with Crippen LogP contribution in [0.2, 0.25) is 0 Å². The zero-order valence-corrected chi connectivity index (χ0v) is 11.7. The maximum absolute atomic E-state index is 9.76. The van der Waals surface area contributed by atoms with E-state index in [1.54, 1.807) is 6.07 Å². The van der Waals surface area contributed by atoms with Crippen molar-refractivity contribution in [3.8, 4) is 6.07 Å². The number of aliphatic hydroxyl groups is 1. The zero-order valence-electron chi connectivity index (χ0n) is 11.7. The van der Waals surface area contributed by atoms with Crippen LogP contribution in [-0.4, -0.2) is 11.7 Å². The van der Waals surface area contributed by atoms with E-state index in [-0.39, 0.29) is 6.61 Å². The summed E-state index contributed by atoms with van der Waals surface area (Å²) in [5.74, 6) is 0. The molecule has 0 aromatic heterocycles. The topological polar surface area (TPSA) is 56.0 Å². The van der Waals surface area contributed by atoms with Crippen molar-refractivity contribution in [2.45, 2.75) is 19.4 Å². The van der Waals surface area contributed by atoms with Gasteiger partial charge in [0.15, 0.2) is 0 Å². The quantitative estimate of drug-likeness (QED) is 0.893. The molecule has 3 heteroatoms. The van der Waals surface area contributed by atoms with Crippen molar-refractivity contribution < 1.29 is 5.11 Å². The first-order chi connectivity index (χ1) is 9.59. The lowest BCUT2D eigenvalue weighted by Gasteiger charge is -2.30. The highest BCUT2D eigenvalue weighted by Crippen LogP contribution is 2.26. The lowest BCUT2D eigenvalue weighted by atomic mass is 9.92. The molecule has 0 spiro atoms. The van der Waals surface area contributed by atoms with Crippen LogP contribution < -0.4 is 5.32 Å². The molecule has 20 heavy (non-hydrogen) atoms. The van der Waals surface area contributed by atoms with E-state index in [9.17, 15) is 5.11 Å². The summed E-state index contributed by atoms with van der Waals surface area (Å²) < 4.78 is 0. The molecular formula is C17H18N2O. The van der Waals surface area contributed by atoms with E-state index >= 15 is 0 Å². The Kier molecular flexibility index (Phi) is 4.07. The Balaban J connectivity index is 2.31. The van der Waals surface area contributed by atoms with E-state index in [0.717, 1.165) is 16.8 Å². The second-order valence-corrected chi connectivity index (χ2v) is 5.12. The average Bonchev–Trinajstić information content (AvgIpc) is 2.48. The SMILES string of the molecule is Cc1cc(NC(C)(CO)c2ccccc2)ccc1C#N. The Labute approximate surface area is 119 Å². The predicted octanol–water partition coefficient (Wildman–Crippen LogP) is 3.19. The van der Waals surface area contributed by atoms with E-state index < -0.39 is 5.54 Å². The molecule has 0 heterocycles. The summed E-state index contributed by atoms with van der Waals surface area (Å²) in [6.07, 6.45) is 0. The number of aliphatic hydroxyl groups excluding tert-OH is 1. The number of aryl methyl sites for hydroxylation is 1. The lowest BCUT2D eigenvalue weighted by molar-refractivity contribution is 0.224. The van der Waals surface area contributed by atoms with Gasteiger partial charge < -0.3 is 10.4 Å². The van der Waals surface area contributed by atoms with Gasteiger partial charge in [0.05, 0.1) is 23.8 Å². The van der Waals surface area contributed by atoms with Crippen LogP contribution in [0.15, 0.2) is 48.5 Å². The van der Waals surface area contributed by atoms with Gasteiger partial charge in [-0.2, -0.15) is 5.26 Å². The summed E-state index contributed by atoms with van der Waals surface area (Å²) in [7, 11) is 0. The van der Waals surface area contributed by atoms with Gasteiger partial charge in [-0.15, -0.1) is 0 Å². The highest BCUT2D eigenvalue weighted by Gasteiger charge is 2.25. The van der Waals surface area contributed by atoms with E-state index in [1.165, 1.54) is 0 Å². The Hall–Kier alpha value is -2.31. The van der Waals surface area contributed by atoms with E-state index in [0.29, 0.717) is 5.56 Å². The monoisotopic (exact) mass is 266 g/mol. The molecule has 0 saturated heterocycles. The van der Waals surface area contributed by atoms with E-state index in [1.807, 2.05) is 56.3 Å². The third-order valence-corrected chi connectivity index (χ3v) is 3.49.